The maximum absolute atomic E-state index is 13.3. The standard InChI is InChI=1S/C23H25N4O5/c1-32-9-8-24-7-6-16-11-17(2-3-19(16)24)22(28)25-12-15-10-18(14-25)20-4-5-21(27(30)31)23(29)26(20)13-15/h2-7,11,15,18,30H,8-10,12-14H2,1H3/q-1/t15-,18-/m0/s1. The van der Waals surface area contributed by atoms with Crippen LogP contribution in [0.1, 0.15) is 28.4 Å². The highest BCUT2D eigenvalue weighted by molar-refractivity contribution is 5.98. The SMILES string of the molecule is COCCn1ccc2cc(C(=O)N3C[C@@H]4C[C@@H](C3)c3ccc(N([O-])O)c(=O)n3C4)ccc21. The highest BCUT2D eigenvalue weighted by Gasteiger charge is 2.37. The average molecular weight is 437 g/mol. The van der Waals surface area contributed by atoms with Gasteiger partial charge >= 0.3 is 0 Å². The van der Waals surface area contributed by atoms with Crippen molar-refractivity contribution in [3.63, 3.8) is 0 Å². The minimum Gasteiger partial charge on any atom is -0.733 e. The molecule has 0 saturated carbocycles. The number of pyridine rings is 1. The molecule has 2 aliphatic rings. The summed E-state index contributed by atoms with van der Waals surface area (Å²) in [5.74, 6) is 0.126. The van der Waals surface area contributed by atoms with Gasteiger partial charge in [-0.15, -0.1) is 0 Å². The molecule has 2 bridgehead atoms. The predicted octanol–water partition coefficient (Wildman–Crippen LogP) is 2.40. The van der Waals surface area contributed by atoms with Crippen LogP contribution in [-0.2, 0) is 17.8 Å². The fourth-order valence-corrected chi connectivity index (χ4v) is 5.15. The zero-order valence-corrected chi connectivity index (χ0v) is 17.8. The molecule has 168 valence electrons. The summed E-state index contributed by atoms with van der Waals surface area (Å²) in [6.07, 6.45) is 2.89. The molecule has 3 aromatic rings. The minimum absolute atomic E-state index is 0.0141. The van der Waals surface area contributed by atoms with Crippen LogP contribution in [0.2, 0.25) is 0 Å². The van der Waals surface area contributed by atoms with Crippen LogP contribution in [0.3, 0.4) is 0 Å². The number of methoxy groups -OCH3 is 1. The maximum Gasteiger partial charge on any atom is 0.275 e. The van der Waals surface area contributed by atoms with E-state index >= 15 is 0 Å². The Morgan fingerprint density at radius 1 is 1.22 bits per heavy atom. The van der Waals surface area contributed by atoms with Crippen molar-refractivity contribution >= 4 is 22.5 Å². The van der Waals surface area contributed by atoms with Crippen molar-refractivity contribution < 1.29 is 14.7 Å². The number of hydrogen-bond acceptors (Lipinski definition) is 6. The maximum atomic E-state index is 13.3. The number of carbonyl (C=O) groups excluding carboxylic acids is 1. The van der Waals surface area contributed by atoms with Gasteiger partial charge in [-0.05, 0) is 48.7 Å². The molecule has 4 heterocycles. The number of piperidine rings is 1. The number of ether oxygens (including phenoxy) is 1. The third-order valence-corrected chi connectivity index (χ3v) is 6.63. The second-order valence-electron chi connectivity index (χ2n) is 8.62. The van der Waals surface area contributed by atoms with E-state index in [-0.39, 0.29) is 28.7 Å². The van der Waals surface area contributed by atoms with Crippen LogP contribution in [0.25, 0.3) is 10.9 Å². The number of nitrogens with zero attached hydrogens (tertiary/aromatic N) is 4. The first-order valence-electron chi connectivity index (χ1n) is 10.7. The predicted molar refractivity (Wildman–Crippen MR) is 119 cm³/mol. The van der Waals surface area contributed by atoms with Gasteiger partial charge in [0.15, 0.2) is 0 Å². The third kappa shape index (κ3) is 3.48. The number of aromatic nitrogens is 2. The number of anilines is 1. The van der Waals surface area contributed by atoms with Gasteiger partial charge in [-0.2, -0.15) is 0 Å². The van der Waals surface area contributed by atoms with Gasteiger partial charge < -0.3 is 29.2 Å². The molecule has 5 rings (SSSR count). The second kappa shape index (κ2) is 8.09. The van der Waals surface area contributed by atoms with E-state index in [1.54, 1.807) is 17.7 Å². The summed E-state index contributed by atoms with van der Waals surface area (Å²) in [7, 11) is 1.68. The second-order valence-corrected chi connectivity index (χ2v) is 8.62. The number of carbonyl (C=O) groups is 1. The van der Waals surface area contributed by atoms with Crippen molar-refractivity contribution in [3.05, 3.63) is 69.4 Å². The van der Waals surface area contributed by atoms with E-state index in [1.807, 2.05) is 35.4 Å². The van der Waals surface area contributed by atoms with Crippen LogP contribution in [-0.4, -0.2) is 52.0 Å². The van der Waals surface area contributed by atoms with E-state index < -0.39 is 5.56 Å². The van der Waals surface area contributed by atoms with Crippen molar-refractivity contribution in [1.29, 1.82) is 0 Å². The van der Waals surface area contributed by atoms with E-state index in [0.29, 0.717) is 31.8 Å². The molecule has 0 unspecified atom stereocenters. The van der Waals surface area contributed by atoms with Gasteiger partial charge in [0.25, 0.3) is 11.5 Å². The van der Waals surface area contributed by atoms with Crippen LogP contribution in [0.15, 0.2) is 47.4 Å². The average Bonchev–Trinajstić information content (AvgIpc) is 3.19. The lowest BCUT2D eigenvalue weighted by Gasteiger charge is -2.43. The Labute approximate surface area is 184 Å². The molecule has 0 spiro atoms. The Hall–Kier alpha value is -3.14. The van der Waals surface area contributed by atoms with Gasteiger partial charge in [0.2, 0.25) is 0 Å². The number of hydrogen-bond donors (Lipinski definition) is 1. The van der Waals surface area contributed by atoms with Gasteiger partial charge in [0.05, 0.1) is 6.61 Å². The fraction of sp³-hybridized carbons (Fsp3) is 0.391. The van der Waals surface area contributed by atoms with Crippen molar-refractivity contribution in [2.75, 3.05) is 32.0 Å². The van der Waals surface area contributed by atoms with Crippen LogP contribution in [0.4, 0.5) is 5.69 Å². The first-order valence-corrected chi connectivity index (χ1v) is 10.7. The summed E-state index contributed by atoms with van der Waals surface area (Å²) in [5, 5.41) is 21.0. The van der Waals surface area contributed by atoms with E-state index in [1.165, 1.54) is 6.07 Å². The zero-order chi connectivity index (χ0) is 22.4. The largest absolute Gasteiger partial charge is 0.733 e. The van der Waals surface area contributed by atoms with Gasteiger partial charge in [-0.25, -0.2) is 0 Å². The fourth-order valence-electron chi connectivity index (χ4n) is 5.15. The third-order valence-electron chi connectivity index (χ3n) is 6.63. The number of rotatable bonds is 5. The normalized spacial score (nSPS) is 19.8. The van der Waals surface area contributed by atoms with Gasteiger partial charge in [0, 0.05) is 67.6 Å². The number of likely N-dealkylation sites (tertiary alicyclic amines) is 1. The van der Waals surface area contributed by atoms with Gasteiger partial charge in [0.1, 0.15) is 5.69 Å². The van der Waals surface area contributed by atoms with E-state index in [4.69, 9.17) is 4.74 Å². The number of fused-ring (bicyclic) bond motifs is 5. The van der Waals surface area contributed by atoms with Crippen LogP contribution in [0.5, 0.6) is 0 Å². The summed E-state index contributed by atoms with van der Waals surface area (Å²) in [5.41, 5.74) is 1.75. The van der Waals surface area contributed by atoms with Crippen molar-refractivity contribution in [1.82, 2.24) is 14.0 Å². The minimum atomic E-state index is -0.488. The summed E-state index contributed by atoms with van der Waals surface area (Å²) in [6, 6.07) is 10.8. The number of amides is 1. The summed E-state index contributed by atoms with van der Waals surface area (Å²) in [6.45, 7) is 2.87. The van der Waals surface area contributed by atoms with E-state index in [9.17, 15) is 20.0 Å². The number of benzene rings is 1. The first-order chi connectivity index (χ1) is 15.5. The summed E-state index contributed by atoms with van der Waals surface area (Å²) >= 11 is 0. The Morgan fingerprint density at radius 2 is 2.06 bits per heavy atom. The Bertz CT molecular complexity index is 1230. The van der Waals surface area contributed by atoms with Crippen molar-refractivity contribution in [3.8, 4) is 0 Å². The Kier molecular flexibility index (Phi) is 5.24. The molecule has 0 aliphatic carbocycles. The molecule has 0 radical (unpaired) electrons. The molecule has 9 heteroatoms. The molecule has 32 heavy (non-hydrogen) atoms. The lowest BCUT2D eigenvalue weighted by molar-refractivity contribution is 0.0594. The quantitative estimate of drug-likeness (QED) is 0.615. The topological polar surface area (TPSA) is 103 Å². The molecule has 9 nitrogen and oxygen atoms in total. The Morgan fingerprint density at radius 3 is 2.84 bits per heavy atom. The molecule has 2 aliphatic heterocycles. The monoisotopic (exact) mass is 437 g/mol. The summed E-state index contributed by atoms with van der Waals surface area (Å²) in [4.78, 5) is 27.8. The zero-order valence-electron chi connectivity index (χ0n) is 17.8. The highest BCUT2D eigenvalue weighted by Crippen LogP contribution is 2.36. The lowest BCUT2D eigenvalue weighted by Crippen LogP contribution is -2.49. The molecular weight excluding hydrogens is 412 g/mol. The van der Waals surface area contributed by atoms with Crippen LogP contribution < -0.4 is 10.8 Å². The first kappa shape index (κ1) is 20.7. The molecular formula is C23H25N4O5-. The van der Waals surface area contributed by atoms with Crippen LogP contribution in [0, 0.1) is 11.1 Å². The van der Waals surface area contributed by atoms with Crippen molar-refractivity contribution in [2.45, 2.75) is 25.4 Å². The van der Waals surface area contributed by atoms with Crippen LogP contribution >= 0.6 is 0 Å². The molecule has 1 amide bonds. The smallest absolute Gasteiger partial charge is 0.275 e. The Balaban J connectivity index is 1.39. The van der Waals surface area contributed by atoms with Crippen molar-refractivity contribution in [2.24, 2.45) is 5.92 Å². The summed E-state index contributed by atoms with van der Waals surface area (Å²) < 4.78 is 8.84. The molecule has 1 N–H and O–H groups in total. The van der Waals surface area contributed by atoms with E-state index in [0.717, 1.165) is 29.6 Å². The highest BCUT2D eigenvalue weighted by atomic mass is 16.8. The molecule has 1 saturated heterocycles. The lowest BCUT2D eigenvalue weighted by atomic mass is 9.83. The molecule has 1 fully saturated rings. The van der Waals surface area contributed by atoms with Gasteiger partial charge in [-0.3, -0.25) is 14.8 Å². The van der Waals surface area contributed by atoms with Gasteiger partial charge in [-0.1, -0.05) is 0 Å². The van der Waals surface area contributed by atoms with E-state index in [2.05, 4.69) is 4.57 Å². The molecule has 2 aromatic heterocycles. The molecule has 1 aromatic carbocycles. The molecule has 2 atom stereocenters.